The van der Waals surface area contributed by atoms with Gasteiger partial charge in [0.05, 0.1) is 21.9 Å². The molecule has 0 aliphatic carbocycles. The lowest BCUT2D eigenvalue weighted by atomic mass is 10.1. The SMILES string of the molecule is Nc1c(C(=O)Nc2ccccc2Cl)sc2nc3cc4c(cc3cc12)OCO4. The molecule has 0 radical (unpaired) electrons. The molecule has 8 heteroatoms. The fourth-order valence-corrected chi connectivity index (χ4v) is 4.16. The number of thiophene rings is 1. The second kappa shape index (κ2) is 6.00. The first-order valence-corrected chi connectivity index (χ1v) is 9.28. The number of nitrogens with zero attached hydrogens (tertiary/aromatic N) is 1. The number of nitrogens with one attached hydrogen (secondary N) is 1. The van der Waals surface area contributed by atoms with Crippen molar-refractivity contribution in [1.82, 2.24) is 4.98 Å². The van der Waals surface area contributed by atoms with Crippen molar-refractivity contribution in [3.63, 3.8) is 0 Å². The topological polar surface area (TPSA) is 86.5 Å². The maximum atomic E-state index is 12.7. The average molecular weight is 398 g/mol. The largest absolute Gasteiger partial charge is 0.454 e. The second-order valence-corrected chi connectivity index (χ2v) is 7.42. The molecule has 27 heavy (non-hydrogen) atoms. The van der Waals surface area contributed by atoms with E-state index in [2.05, 4.69) is 10.3 Å². The Kier molecular flexibility index (Phi) is 3.60. The Morgan fingerprint density at radius 1 is 1.19 bits per heavy atom. The standard InChI is InChI=1S/C19H12ClN3O3S/c20-11-3-1-2-4-12(11)22-18(24)17-16(21)10-5-9-6-14-15(26-8-25-14)7-13(9)23-19(10)27-17/h1-7H,8,21H2,(H,22,24). The number of para-hydroxylation sites is 1. The van der Waals surface area contributed by atoms with Gasteiger partial charge in [0.1, 0.15) is 9.71 Å². The third-order valence-electron chi connectivity index (χ3n) is 4.34. The van der Waals surface area contributed by atoms with Gasteiger partial charge < -0.3 is 20.5 Å². The van der Waals surface area contributed by atoms with Crippen molar-refractivity contribution in [3.8, 4) is 11.5 Å². The highest BCUT2D eigenvalue weighted by atomic mass is 35.5. The molecule has 3 N–H and O–H groups in total. The van der Waals surface area contributed by atoms with Gasteiger partial charge in [0.15, 0.2) is 11.5 Å². The summed E-state index contributed by atoms with van der Waals surface area (Å²) in [6.07, 6.45) is 0. The van der Waals surface area contributed by atoms with Gasteiger partial charge in [-0.25, -0.2) is 4.98 Å². The van der Waals surface area contributed by atoms with E-state index in [-0.39, 0.29) is 12.7 Å². The Labute approximate surface area is 162 Å². The van der Waals surface area contributed by atoms with Crippen molar-refractivity contribution in [2.75, 3.05) is 17.8 Å². The second-order valence-electron chi connectivity index (χ2n) is 6.02. The number of fused-ring (bicyclic) bond motifs is 3. The fraction of sp³-hybridized carbons (Fsp3) is 0.0526. The maximum Gasteiger partial charge on any atom is 0.267 e. The van der Waals surface area contributed by atoms with Crippen LogP contribution in [0.2, 0.25) is 5.02 Å². The number of carbonyl (C=O) groups is 1. The van der Waals surface area contributed by atoms with Crippen LogP contribution in [0.5, 0.6) is 11.5 Å². The molecule has 6 nitrogen and oxygen atoms in total. The van der Waals surface area contributed by atoms with E-state index < -0.39 is 0 Å². The molecule has 1 aliphatic heterocycles. The average Bonchev–Trinajstić information content (AvgIpc) is 3.24. The van der Waals surface area contributed by atoms with Gasteiger partial charge in [-0.3, -0.25) is 4.79 Å². The first-order chi connectivity index (χ1) is 13.1. The molecule has 2 aromatic carbocycles. The number of rotatable bonds is 2. The lowest BCUT2D eigenvalue weighted by molar-refractivity contribution is 0.103. The molecule has 0 saturated heterocycles. The van der Waals surface area contributed by atoms with Crippen LogP contribution in [-0.2, 0) is 0 Å². The number of hydrogen-bond acceptors (Lipinski definition) is 6. The monoisotopic (exact) mass is 397 g/mol. The van der Waals surface area contributed by atoms with Crippen molar-refractivity contribution >= 4 is 61.3 Å². The number of anilines is 2. The van der Waals surface area contributed by atoms with E-state index in [1.54, 1.807) is 24.3 Å². The molecule has 134 valence electrons. The molecular weight excluding hydrogens is 386 g/mol. The highest BCUT2D eigenvalue weighted by Gasteiger charge is 2.20. The summed E-state index contributed by atoms with van der Waals surface area (Å²) in [7, 11) is 0. The molecule has 0 fully saturated rings. The van der Waals surface area contributed by atoms with E-state index in [4.69, 9.17) is 26.8 Å². The fourth-order valence-electron chi connectivity index (χ4n) is 3.00. The Balaban J connectivity index is 1.59. The minimum Gasteiger partial charge on any atom is -0.454 e. The van der Waals surface area contributed by atoms with Gasteiger partial charge in [-0.15, -0.1) is 11.3 Å². The molecular formula is C19H12ClN3O3S. The van der Waals surface area contributed by atoms with Crippen molar-refractivity contribution < 1.29 is 14.3 Å². The Morgan fingerprint density at radius 3 is 2.78 bits per heavy atom. The molecule has 0 unspecified atom stereocenters. The van der Waals surface area contributed by atoms with E-state index >= 15 is 0 Å². The third-order valence-corrected chi connectivity index (χ3v) is 5.78. The molecule has 1 aliphatic rings. The van der Waals surface area contributed by atoms with Crippen LogP contribution in [0.25, 0.3) is 21.1 Å². The molecule has 0 atom stereocenters. The van der Waals surface area contributed by atoms with Gasteiger partial charge >= 0.3 is 0 Å². The number of ether oxygens (including phenoxy) is 2. The molecule has 2 aromatic heterocycles. The van der Waals surface area contributed by atoms with Crippen LogP contribution < -0.4 is 20.5 Å². The van der Waals surface area contributed by atoms with Crippen molar-refractivity contribution in [2.24, 2.45) is 0 Å². The number of benzene rings is 2. The van der Waals surface area contributed by atoms with Crippen LogP contribution in [0.1, 0.15) is 9.67 Å². The number of aromatic nitrogens is 1. The minimum atomic E-state index is -0.318. The Hall–Kier alpha value is -3.03. The van der Waals surface area contributed by atoms with Gasteiger partial charge in [0, 0.05) is 16.8 Å². The van der Waals surface area contributed by atoms with Crippen LogP contribution >= 0.6 is 22.9 Å². The molecule has 1 amide bonds. The number of amides is 1. The lowest BCUT2D eigenvalue weighted by Gasteiger charge is -2.06. The van der Waals surface area contributed by atoms with Crippen molar-refractivity contribution in [2.45, 2.75) is 0 Å². The number of nitrogen functional groups attached to an aromatic ring is 1. The summed E-state index contributed by atoms with van der Waals surface area (Å²) in [6.45, 7) is 0.203. The summed E-state index contributed by atoms with van der Waals surface area (Å²) in [5, 5.41) is 4.86. The molecule has 0 spiro atoms. The van der Waals surface area contributed by atoms with E-state index in [0.717, 1.165) is 16.3 Å². The highest BCUT2D eigenvalue weighted by molar-refractivity contribution is 7.21. The number of pyridine rings is 1. The van der Waals surface area contributed by atoms with Gasteiger partial charge in [0.2, 0.25) is 6.79 Å². The van der Waals surface area contributed by atoms with Crippen molar-refractivity contribution in [3.05, 3.63) is 52.4 Å². The number of hydrogen-bond donors (Lipinski definition) is 2. The highest BCUT2D eigenvalue weighted by Crippen LogP contribution is 2.39. The van der Waals surface area contributed by atoms with Crippen LogP contribution in [0.15, 0.2) is 42.5 Å². The summed E-state index contributed by atoms with van der Waals surface area (Å²) in [6, 6.07) is 12.7. The number of halogens is 1. The van der Waals surface area contributed by atoms with E-state index in [1.807, 2.05) is 18.2 Å². The first kappa shape index (κ1) is 16.2. The summed E-state index contributed by atoms with van der Waals surface area (Å²) < 4.78 is 10.8. The Bertz CT molecular complexity index is 1240. The van der Waals surface area contributed by atoms with Crippen LogP contribution in [0.3, 0.4) is 0 Å². The molecule has 5 rings (SSSR count). The predicted molar refractivity (Wildman–Crippen MR) is 107 cm³/mol. The van der Waals surface area contributed by atoms with Gasteiger partial charge in [-0.2, -0.15) is 0 Å². The summed E-state index contributed by atoms with van der Waals surface area (Å²) in [5.74, 6) is 1.02. The van der Waals surface area contributed by atoms with Crippen molar-refractivity contribution in [1.29, 1.82) is 0 Å². The summed E-state index contributed by atoms with van der Waals surface area (Å²) >= 11 is 7.36. The van der Waals surface area contributed by atoms with Crippen LogP contribution in [-0.4, -0.2) is 17.7 Å². The summed E-state index contributed by atoms with van der Waals surface area (Å²) in [5.41, 5.74) is 7.94. The lowest BCUT2D eigenvalue weighted by Crippen LogP contribution is -2.12. The van der Waals surface area contributed by atoms with E-state index in [9.17, 15) is 4.79 Å². The zero-order valence-corrected chi connectivity index (χ0v) is 15.4. The first-order valence-electron chi connectivity index (χ1n) is 8.08. The van der Waals surface area contributed by atoms with Gasteiger partial charge in [0.25, 0.3) is 5.91 Å². The van der Waals surface area contributed by atoms with Gasteiger partial charge in [-0.1, -0.05) is 23.7 Å². The van der Waals surface area contributed by atoms with Gasteiger partial charge in [-0.05, 0) is 24.3 Å². The molecule has 3 heterocycles. The quantitative estimate of drug-likeness (QED) is 0.513. The minimum absolute atomic E-state index is 0.203. The van der Waals surface area contributed by atoms with E-state index in [0.29, 0.717) is 37.6 Å². The normalized spacial score (nSPS) is 12.6. The Morgan fingerprint density at radius 2 is 1.96 bits per heavy atom. The number of carbonyl (C=O) groups excluding carboxylic acids is 1. The smallest absolute Gasteiger partial charge is 0.267 e. The molecule has 0 bridgehead atoms. The third kappa shape index (κ3) is 2.63. The summed E-state index contributed by atoms with van der Waals surface area (Å²) in [4.78, 5) is 18.4. The predicted octanol–water partition coefficient (Wildman–Crippen LogP) is 4.67. The molecule has 4 aromatic rings. The molecule has 0 saturated carbocycles. The zero-order chi connectivity index (χ0) is 18.5. The zero-order valence-electron chi connectivity index (χ0n) is 13.8. The maximum absolute atomic E-state index is 12.7. The van der Waals surface area contributed by atoms with Crippen LogP contribution in [0, 0.1) is 0 Å². The van der Waals surface area contributed by atoms with Crippen LogP contribution in [0.4, 0.5) is 11.4 Å². The van der Waals surface area contributed by atoms with E-state index in [1.165, 1.54) is 11.3 Å². The number of nitrogens with two attached hydrogens (primary N) is 1.